The molecule has 13 aromatic rings. The fraction of sp³-hybridized carbons (Fsp3) is 0. The monoisotopic (exact) mass is 838 g/mol. The Morgan fingerprint density at radius 1 is 0.317 bits per heavy atom. The van der Waals surface area contributed by atoms with Gasteiger partial charge in [-0.15, -0.1) is 22.7 Å². The van der Waals surface area contributed by atoms with Crippen molar-refractivity contribution in [2.75, 3.05) is 0 Å². The Kier molecular flexibility index (Phi) is 8.22. The summed E-state index contributed by atoms with van der Waals surface area (Å²) in [7, 11) is 0. The summed E-state index contributed by atoms with van der Waals surface area (Å²) in [5.74, 6) is 1.95. The fourth-order valence-corrected chi connectivity index (χ4v) is 11.8. The number of nitrogens with zero attached hydrogens (tertiary/aromatic N) is 4. The Morgan fingerprint density at radius 3 is 1.54 bits per heavy atom. The van der Waals surface area contributed by atoms with Crippen LogP contribution in [0.3, 0.4) is 0 Å². The van der Waals surface area contributed by atoms with Crippen molar-refractivity contribution >= 4 is 84.8 Å². The first-order valence-corrected chi connectivity index (χ1v) is 22.7. The van der Waals surface area contributed by atoms with E-state index in [-0.39, 0.29) is 0 Å². The highest BCUT2D eigenvalue weighted by Gasteiger charge is 2.22. The van der Waals surface area contributed by atoms with Gasteiger partial charge < -0.3 is 4.57 Å². The molecule has 0 fully saturated rings. The van der Waals surface area contributed by atoms with Crippen LogP contribution in [0.5, 0.6) is 0 Å². The first kappa shape index (κ1) is 35.9. The molecule has 0 aliphatic carbocycles. The minimum absolute atomic E-state index is 0.648. The van der Waals surface area contributed by atoms with Gasteiger partial charge in [0.1, 0.15) is 0 Å². The summed E-state index contributed by atoms with van der Waals surface area (Å²) in [6.45, 7) is 0. The third-order valence-corrected chi connectivity index (χ3v) is 14.7. The largest absolute Gasteiger partial charge is 0.309 e. The van der Waals surface area contributed by atoms with Crippen LogP contribution < -0.4 is 0 Å². The summed E-state index contributed by atoms with van der Waals surface area (Å²) in [6, 6.07) is 73.8. The topological polar surface area (TPSA) is 43.6 Å². The summed E-state index contributed by atoms with van der Waals surface area (Å²) in [6.07, 6.45) is 0. The normalized spacial score (nSPS) is 11.8. The number of rotatable bonds is 6. The van der Waals surface area contributed by atoms with Gasteiger partial charge >= 0.3 is 0 Å². The molecule has 6 heteroatoms. The zero-order chi connectivity index (χ0) is 41.4. The van der Waals surface area contributed by atoms with Gasteiger partial charge in [0.05, 0.1) is 11.0 Å². The van der Waals surface area contributed by atoms with Crippen LogP contribution in [-0.2, 0) is 0 Å². The van der Waals surface area contributed by atoms with Gasteiger partial charge in [-0.1, -0.05) is 158 Å². The average molecular weight is 839 g/mol. The predicted octanol–water partition coefficient (Wildman–Crippen LogP) is 16.0. The van der Waals surface area contributed by atoms with Crippen molar-refractivity contribution in [2.45, 2.75) is 0 Å². The quantitative estimate of drug-likeness (QED) is 0.168. The van der Waals surface area contributed by atoms with Crippen LogP contribution in [0.2, 0.25) is 0 Å². The Labute approximate surface area is 370 Å². The minimum atomic E-state index is 0.648. The van der Waals surface area contributed by atoms with E-state index in [0.29, 0.717) is 17.5 Å². The van der Waals surface area contributed by atoms with E-state index >= 15 is 0 Å². The lowest BCUT2D eigenvalue weighted by molar-refractivity contribution is 1.08. The lowest BCUT2D eigenvalue weighted by Crippen LogP contribution is -2.00. The highest BCUT2D eigenvalue weighted by atomic mass is 32.1. The highest BCUT2D eigenvalue weighted by Crippen LogP contribution is 2.47. The summed E-state index contributed by atoms with van der Waals surface area (Å²) >= 11 is 3.68. The molecule has 9 aromatic carbocycles. The third-order valence-electron chi connectivity index (χ3n) is 12.3. The predicted molar refractivity (Wildman–Crippen MR) is 267 cm³/mol. The molecule has 63 heavy (non-hydrogen) atoms. The Balaban J connectivity index is 1.05. The van der Waals surface area contributed by atoms with Gasteiger partial charge in [-0.05, 0) is 70.8 Å². The number of para-hydroxylation sites is 1. The van der Waals surface area contributed by atoms with Crippen molar-refractivity contribution in [1.82, 2.24) is 19.5 Å². The van der Waals surface area contributed by atoms with Crippen LogP contribution in [0.4, 0.5) is 0 Å². The SMILES string of the molecule is c1ccc(-c2nc(-c3ccccc3)nc(-c3cc(-c4ccccc4-c4ccc5c6c7sc8ccccc8c7ccc6n(-c6ccccc6)c5c4)cc4c3sc3ccccc34)n2)cc1. The number of thiophene rings is 2. The Bertz CT molecular complexity index is 3850. The maximum atomic E-state index is 5.25. The van der Waals surface area contributed by atoms with Crippen LogP contribution in [0, 0.1) is 0 Å². The maximum absolute atomic E-state index is 5.25. The van der Waals surface area contributed by atoms with Gasteiger partial charge in [0.25, 0.3) is 0 Å². The molecule has 0 unspecified atom stereocenters. The summed E-state index contributed by atoms with van der Waals surface area (Å²) in [5.41, 5.74) is 11.0. The van der Waals surface area contributed by atoms with E-state index in [0.717, 1.165) is 49.3 Å². The van der Waals surface area contributed by atoms with E-state index in [1.54, 1.807) is 11.3 Å². The van der Waals surface area contributed by atoms with Gasteiger partial charge in [0.15, 0.2) is 17.5 Å². The van der Waals surface area contributed by atoms with Crippen LogP contribution in [-0.4, -0.2) is 19.5 Å². The van der Waals surface area contributed by atoms with E-state index < -0.39 is 0 Å². The molecule has 0 aliphatic rings. The van der Waals surface area contributed by atoms with Crippen molar-refractivity contribution in [3.05, 3.63) is 206 Å². The fourth-order valence-electron chi connectivity index (χ4n) is 9.37. The number of hydrogen-bond donors (Lipinski definition) is 0. The molecule has 13 rings (SSSR count). The van der Waals surface area contributed by atoms with Crippen LogP contribution >= 0.6 is 22.7 Å². The molecule has 4 aromatic heterocycles. The molecular weight excluding hydrogens is 805 g/mol. The third kappa shape index (κ3) is 5.83. The van der Waals surface area contributed by atoms with Crippen LogP contribution in [0.25, 0.3) is 124 Å². The average Bonchev–Trinajstić information content (AvgIpc) is 4.04. The van der Waals surface area contributed by atoms with E-state index in [1.165, 1.54) is 57.5 Å². The highest BCUT2D eigenvalue weighted by molar-refractivity contribution is 7.27. The summed E-state index contributed by atoms with van der Waals surface area (Å²) in [5, 5.41) is 7.58. The lowest BCUT2D eigenvalue weighted by atomic mass is 9.92. The van der Waals surface area contributed by atoms with Crippen LogP contribution in [0.15, 0.2) is 206 Å². The molecule has 0 saturated carbocycles. The number of hydrogen-bond acceptors (Lipinski definition) is 5. The minimum Gasteiger partial charge on any atom is -0.309 e. The molecule has 4 nitrogen and oxygen atoms in total. The summed E-state index contributed by atoms with van der Waals surface area (Å²) < 4.78 is 7.47. The molecule has 294 valence electrons. The molecule has 0 aliphatic heterocycles. The molecule has 0 saturated heterocycles. The van der Waals surface area contributed by atoms with E-state index in [4.69, 9.17) is 15.0 Å². The van der Waals surface area contributed by atoms with E-state index in [2.05, 4.69) is 174 Å². The summed E-state index contributed by atoms with van der Waals surface area (Å²) in [4.78, 5) is 15.5. The molecule has 0 amide bonds. The Hall–Kier alpha value is -7.77. The number of aromatic nitrogens is 4. The standard InChI is InChI=1S/C57H34N4S2/c1-4-16-35(17-5-1)55-58-56(36-18-6-2-7-19-36)60-57(59-55)47-33-38(32-46-43-25-13-15-27-51(43)62-53(46)47)41-23-11-10-22-40(41)37-28-29-45-49(34-37)61(39-20-8-3-9-21-39)48-31-30-44-42-24-12-14-26-50(42)63-54(44)52(45)48/h1-34H. The van der Waals surface area contributed by atoms with Gasteiger partial charge in [-0.3, -0.25) is 0 Å². The first-order chi connectivity index (χ1) is 31.2. The van der Waals surface area contributed by atoms with Crippen molar-refractivity contribution in [2.24, 2.45) is 0 Å². The molecule has 0 bridgehead atoms. The van der Waals surface area contributed by atoms with E-state index in [1.807, 2.05) is 47.7 Å². The molecule has 0 N–H and O–H groups in total. The van der Waals surface area contributed by atoms with Crippen molar-refractivity contribution in [3.63, 3.8) is 0 Å². The smallest absolute Gasteiger partial charge is 0.165 e. The Morgan fingerprint density at radius 2 is 0.857 bits per heavy atom. The molecule has 0 radical (unpaired) electrons. The second-order valence-electron chi connectivity index (χ2n) is 15.9. The second-order valence-corrected chi connectivity index (χ2v) is 18.0. The molecular formula is C57H34N4S2. The van der Waals surface area contributed by atoms with Gasteiger partial charge in [-0.25, -0.2) is 15.0 Å². The van der Waals surface area contributed by atoms with Crippen molar-refractivity contribution < 1.29 is 0 Å². The van der Waals surface area contributed by atoms with Crippen LogP contribution in [0.1, 0.15) is 0 Å². The van der Waals surface area contributed by atoms with Crippen molar-refractivity contribution in [1.29, 1.82) is 0 Å². The van der Waals surface area contributed by atoms with Crippen molar-refractivity contribution in [3.8, 4) is 62.1 Å². The lowest BCUT2D eigenvalue weighted by Gasteiger charge is -2.14. The molecule has 4 heterocycles. The first-order valence-electron chi connectivity index (χ1n) is 21.1. The van der Waals surface area contributed by atoms with E-state index in [9.17, 15) is 0 Å². The molecule has 0 atom stereocenters. The zero-order valence-corrected chi connectivity index (χ0v) is 35.4. The number of fused-ring (bicyclic) bond motifs is 10. The molecule has 0 spiro atoms. The maximum Gasteiger partial charge on any atom is 0.165 e. The zero-order valence-electron chi connectivity index (χ0n) is 33.7. The van der Waals surface area contributed by atoms with Gasteiger partial charge in [-0.2, -0.15) is 0 Å². The van der Waals surface area contributed by atoms with Gasteiger partial charge in [0, 0.05) is 73.5 Å². The number of benzene rings is 9. The van der Waals surface area contributed by atoms with Gasteiger partial charge in [0.2, 0.25) is 0 Å². The second kappa shape index (κ2) is 14.4.